The number of ether oxygens (including phenoxy) is 2. The first-order valence-corrected chi connectivity index (χ1v) is 12.8. The van der Waals surface area contributed by atoms with Crippen molar-refractivity contribution in [2.75, 3.05) is 0 Å². The Bertz CT molecular complexity index is 1370. The van der Waals surface area contributed by atoms with Crippen LogP contribution in [0.25, 0.3) is 0 Å². The minimum absolute atomic E-state index is 0.143. The quantitative estimate of drug-likeness (QED) is 0.301. The number of hydrogen-bond donors (Lipinski definition) is 2. The molecule has 2 N–H and O–H groups in total. The second kappa shape index (κ2) is 8.04. The van der Waals surface area contributed by atoms with Gasteiger partial charge in [0.05, 0.1) is 0 Å². The van der Waals surface area contributed by atoms with Crippen molar-refractivity contribution >= 4 is 0 Å². The lowest BCUT2D eigenvalue weighted by Gasteiger charge is -2.31. The fourth-order valence-corrected chi connectivity index (χ4v) is 6.88. The molecule has 0 saturated carbocycles. The second-order valence-electron chi connectivity index (χ2n) is 11.7. The van der Waals surface area contributed by atoms with Gasteiger partial charge in [-0.3, -0.25) is 0 Å². The molecule has 0 aliphatic heterocycles. The average molecular weight is 493 g/mol. The molecule has 4 nitrogen and oxygen atoms in total. The number of phenolic OH excluding ortho intramolecular Hbond substituents is 2. The van der Waals surface area contributed by atoms with Crippen molar-refractivity contribution in [3.63, 3.8) is 0 Å². The molecule has 6 rings (SSSR count). The maximum absolute atomic E-state index is 11.8. The van der Waals surface area contributed by atoms with Gasteiger partial charge in [-0.2, -0.15) is 0 Å². The molecule has 0 heterocycles. The van der Waals surface area contributed by atoms with Crippen molar-refractivity contribution in [1.29, 1.82) is 0 Å². The molecule has 0 bridgehead atoms. The van der Waals surface area contributed by atoms with E-state index >= 15 is 0 Å². The molecule has 188 valence electrons. The summed E-state index contributed by atoms with van der Waals surface area (Å²) in [6, 6.07) is 26.9. The normalized spacial score (nSPS) is 17.8. The third kappa shape index (κ3) is 3.58. The summed E-state index contributed by atoms with van der Waals surface area (Å²) in [6.45, 7) is 8.85. The van der Waals surface area contributed by atoms with E-state index in [0.29, 0.717) is 23.0 Å². The SMILES string of the molecule is CC1(C)CC2(CC(C)(C)c3ccc(Oc4ccccc4)c(O)c32)c2c1ccc(Oc1ccccc1)c2O. The van der Waals surface area contributed by atoms with Gasteiger partial charge in [0.25, 0.3) is 0 Å². The highest BCUT2D eigenvalue weighted by atomic mass is 16.5. The van der Waals surface area contributed by atoms with Gasteiger partial charge in [0, 0.05) is 16.5 Å². The van der Waals surface area contributed by atoms with Crippen molar-refractivity contribution in [3.05, 3.63) is 107 Å². The molecule has 0 fully saturated rings. The molecule has 0 saturated heterocycles. The van der Waals surface area contributed by atoms with Crippen LogP contribution in [-0.2, 0) is 16.2 Å². The molecule has 37 heavy (non-hydrogen) atoms. The van der Waals surface area contributed by atoms with Gasteiger partial charge in [0.1, 0.15) is 11.5 Å². The number of rotatable bonds is 4. The fraction of sp³-hybridized carbons (Fsp3) is 0.273. The first kappa shape index (κ1) is 23.5. The van der Waals surface area contributed by atoms with Gasteiger partial charge in [-0.1, -0.05) is 76.2 Å². The van der Waals surface area contributed by atoms with Crippen molar-refractivity contribution in [1.82, 2.24) is 0 Å². The van der Waals surface area contributed by atoms with Crippen molar-refractivity contribution in [2.45, 2.75) is 56.8 Å². The van der Waals surface area contributed by atoms with Crippen LogP contribution in [0, 0.1) is 0 Å². The van der Waals surface area contributed by atoms with Crippen LogP contribution in [0.4, 0.5) is 0 Å². The van der Waals surface area contributed by atoms with Gasteiger partial charge in [-0.15, -0.1) is 0 Å². The van der Waals surface area contributed by atoms with Crippen LogP contribution in [0.15, 0.2) is 84.9 Å². The molecule has 0 radical (unpaired) electrons. The Kier molecular flexibility index (Phi) is 5.10. The Labute approximate surface area is 218 Å². The van der Waals surface area contributed by atoms with Gasteiger partial charge < -0.3 is 19.7 Å². The van der Waals surface area contributed by atoms with E-state index in [-0.39, 0.29) is 22.3 Å². The highest BCUT2D eigenvalue weighted by molar-refractivity contribution is 5.70. The minimum Gasteiger partial charge on any atom is -0.504 e. The first-order valence-electron chi connectivity index (χ1n) is 12.8. The Morgan fingerprint density at radius 2 is 0.919 bits per heavy atom. The third-order valence-electron chi connectivity index (χ3n) is 8.13. The van der Waals surface area contributed by atoms with Crippen molar-refractivity contribution in [3.8, 4) is 34.5 Å². The highest BCUT2D eigenvalue weighted by Gasteiger charge is 2.59. The van der Waals surface area contributed by atoms with E-state index in [2.05, 4.69) is 39.8 Å². The van der Waals surface area contributed by atoms with E-state index in [0.717, 1.165) is 35.1 Å². The number of para-hydroxylation sites is 2. The predicted octanol–water partition coefficient (Wildman–Crippen LogP) is 8.33. The fourth-order valence-electron chi connectivity index (χ4n) is 6.88. The number of aromatic hydroxyl groups is 2. The lowest BCUT2D eigenvalue weighted by Crippen LogP contribution is -2.27. The van der Waals surface area contributed by atoms with Gasteiger partial charge in [0.2, 0.25) is 0 Å². The minimum atomic E-state index is -0.585. The standard InChI is InChI=1S/C33H32O4/c1-31(2)19-33(27-23(31)15-17-25(29(27)34)36-21-11-7-5-8-12-21)20-32(3,4)24-16-18-26(30(35)28(24)33)37-22-13-9-6-10-14-22/h5-18,34-35H,19-20H2,1-4H3. The summed E-state index contributed by atoms with van der Waals surface area (Å²) in [4.78, 5) is 0. The monoisotopic (exact) mass is 492 g/mol. The smallest absolute Gasteiger partial charge is 0.169 e. The van der Waals surface area contributed by atoms with Crippen LogP contribution < -0.4 is 9.47 Å². The summed E-state index contributed by atoms with van der Waals surface area (Å²) in [6.07, 6.45) is 1.52. The number of hydrogen-bond acceptors (Lipinski definition) is 4. The van der Waals surface area contributed by atoms with Gasteiger partial charge in [-0.05, 0) is 71.2 Å². The number of phenols is 2. The third-order valence-corrected chi connectivity index (χ3v) is 8.13. The van der Waals surface area contributed by atoms with E-state index in [1.165, 1.54) is 0 Å². The summed E-state index contributed by atoms with van der Waals surface area (Å²) in [5.41, 5.74) is 2.87. The van der Waals surface area contributed by atoms with Crippen LogP contribution in [0.3, 0.4) is 0 Å². The predicted molar refractivity (Wildman–Crippen MR) is 145 cm³/mol. The molecular weight excluding hydrogens is 460 g/mol. The molecule has 2 aliphatic rings. The summed E-state index contributed by atoms with van der Waals surface area (Å²) < 4.78 is 12.3. The van der Waals surface area contributed by atoms with E-state index in [1.807, 2.05) is 72.8 Å². The van der Waals surface area contributed by atoms with Crippen LogP contribution >= 0.6 is 0 Å². The topological polar surface area (TPSA) is 58.9 Å². The zero-order valence-electron chi connectivity index (χ0n) is 21.7. The maximum Gasteiger partial charge on any atom is 0.169 e. The van der Waals surface area contributed by atoms with E-state index in [9.17, 15) is 10.2 Å². The summed E-state index contributed by atoms with van der Waals surface area (Å²) in [7, 11) is 0. The number of fused-ring (bicyclic) bond motifs is 4. The average Bonchev–Trinajstić information content (AvgIpc) is 3.23. The summed E-state index contributed by atoms with van der Waals surface area (Å²) in [5.74, 6) is 2.46. The molecule has 0 aromatic heterocycles. The summed E-state index contributed by atoms with van der Waals surface area (Å²) in [5, 5.41) is 23.6. The molecule has 0 amide bonds. The van der Waals surface area contributed by atoms with Crippen LogP contribution in [0.2, 0.25) is 0 Å². The first-order chi connectivity index (χ1) is 17.6. The van der Waals surface area contributed by atoms with Crippen LogP contribution in [0.1, 0.15) is 62.8 Å². The zero-order chi connectivity index (χ0) is 26.0. The van der Waals surface area contributed by atoms with Crippen LogP contribution in [0.5, 0.6) is 34.5 Å². The Morgan fingerprint density at radius 1 is 0.541 bits per heavy atom. The lowest BCUT2D eigenvalue weighted by molar-refractivity contribution is 0.330. The van der Waals surface area contributed by atoms with E-state index < -0.39 is 5.41 Å². The Balaban J connectivity index is 1.55. The van der Waals surface area contributed by atoms with E-state index in [4.69, 9.17) is 9.47 Å². The van der Waals surface area contributed by atoms with Crippen LogP contribution in [-0.4, -0.2) is 10.2 Å². The molecule has 0 unspecified atom stereocenters. The van der Waals surface area contributed by atoms with Crippen molar-refractivity contribution < 1.29 is 19.7 Å². The van der Waals surface area contributed by atoms with Gasteiger partial charge in [-0.25, -0.2) is 0 Å². The summed E-state index contributed by atoms with van der Waals surface area (Å²) >= 11 is 0. The molecule has 0 atom stereocenters. The van der Waals surface area contributed by atoms with Gasteiger partial charge in [0.15, 0.2) is 23.0 Å². The Morgan fingerprint density at radius 3 is 1.30 bits per heavy atom. The molecule has 1 spiro atoms. The lowest BCUT2D eigenvalue weighted by atomic mass is 9.72. The van der Waals surface area contributed by atoms with Gasteiger partial charge >= 0.3 is 0 Å². The highest BCUT2D eigenvalue weighted by Crippen LogP contribution is 2.67. The Hall–Kier alpha value is -3.92. The number of benzene rings is 4. The molecule has 4 heteroatoms. The molecule has 2 aliphatic carbocycles. The molecular formula is C33H32O4. The maximum atomic E-state index is 11.8. The van der Waals surface area contributed by atoms with Crippen molar-refractivity contribution in [2.24, 2.45) is 0 Å². The molecule has 4 aromatic carbocycles. The second-order valence-corrected chi connectivity index (χ2v) is 11.7. The van der Waals surface area contributed by atoms with E-state index in [1.54, 1.807) is 0 Å². The largest absolute Gasteiger partial charge is 0.504 e. The molecule has 4 aromatic rings. The zero-order valence-corrected chi connectivity index (χ0v) is 21.7.